The van der Waals surface area contributed by atoms with E-state index in [1.807, 2.05) is 38.1 Å². The zero-order chi connectivity index (χ0) is 17.1. The van der Waals surface area contributed by atoms with Gasteiger partial charge in [0.25, 0.3) is 5.91 Å². The number of hydrogen-bond donors (Lipinski definition) is 0. The van der Waals surface area contributed by atoms with Crippen LogP contribution < -0.4 is 4.90 Å². The highest BCUT2D eigenvalue weighted by Crippen LogP contribution is 2.20. The zero-order valence-electron chi connectivity index (χ0n) is 13.5. The highest BCUT2D eigenvalue weighted by atomic mass is 35.5. The van der Waals surface area contributed by atoms with Crippen molar-refractivity contribution in [1.29, 1.82) is 0 Å². The van der Waals surface area contributed by atoms with Crippen LogP contribution in [0.3, 0.4) is 0 Å². The first-order valence-electron chi connectivity index (χ1n) is 7.64. The third kappa shape index (κ3) is 3.16. The fourth-order valence-corrected chi connectivity index (χ4v) is 2.63. The molecular formula is C18H17ClN4O. The van der Waals surface area contributed by atoms with Crippen molar-refractivity contribution in [3.05, 3.63) is 71.3 Å². The maximum Gasteiger partial charge on any atom is 0.261 e. The van der Waals surface area contributed by atoms with Gasteiger partial charge in [-0.3, -0.25) is 9.78 Å². The molecule has 0 atom stereocenters. The Hall–Kier alpha value is -2.66. The van der Waals surface area contributed by atoms with Crippen LogP contribution in [-0.2, 0) is 0 Å². The summed E-state index contributed by atoms with van der Waals surface area (Å²) in [7, 11) is 0. The number of carbonyl (C=O) groups excluding carboxylic acids is 1. The number of rotatable bonds is 4. The van der Waals surface area contributed by atoms with Gasteiger partial charge in [0, 0.05) is 35.8 Å². The van der Waals surface area contributed by atoms with Crippen LogP contribution in [0.25, 0.3) is 5.69 Å². The van der Waals surface area contributed by atoms with Gasteiger partial charge in [0.2, 0.25) is 0 Å². The summed E-state index contributed by atoms with van der Waals surface area (Å²) < 4.78 is 1.69. The number of halogens is 1. The van der Waals surface area contributed by atoms with Gasteiger partial charge in [0.05, 0.1) is 16.9 Å². The Morgan fingerprint density at radius 1 is 1.17 bits per heavy atom. The molecule has 2 aromatic heterocycles. The molecule has 0 unspecified atom stereocenters. The maximum atomic E-state index is 12.9. The van der Waals surface area contributed by atoms with Gasteiger partial charge in [-0.05, 0) is 50.2 Å². The number of amides is 1. The van der Waals surface area contributed by atoms with Crippen LogP contribution in [0.2, 0.25) is 5.02 Å². The van der Waals surface area contributed by atoms with Gasteiger partial charge in [0.1, 0.15) is 0 Å². The number of benzene rings is 1. The fraction of sp³-hybridized carbons (Fsp3) is 0.167. The number of aromatic nitrogens is 3. The molecule has 0 aliphatic rings. The van der Waals surface area contributed by atoms with Gasteiger partial charge >= 0.3 is 0 Å². The van der Waals surface area contributed by atoms with E-state index in [-0.39, 0.29) is 5.91 Å². The molecule has 6 heteroatoms. The summed E-state index contributed by atoms with van der Waals surface area (Å²) in [6.07, 6.45) is 5.11. The van der Waals surface area contributed by atoms with Gasteiger partial charge in [-0.2, -0.15) is 5.10 Å². The molecule has 0 N–H and O–H groups in total. The second-order valence-electron chi connectivity index (χ2n) is 5.30. The standard InChI is InChI=1S/C18H17ClN4O/c1-3-22(15-8-10-20-11-9-15)18(24)17-12-23(21-13(17)2)16-6-4-14(19)5-7-16/h4-12H,3H2,1-2H3. The second-order valence-corrected chi connectivity index (χ2v) is 5.74. The Bertz CT molecular complexity index is 843. The summed E-state index contributed by atoms with van der Waals surface area (Å²) in [5.74, 6) is -0.0820. The molecule has 0 spiro atoms. The summed E-state index contributed by atoms with van der Waals surface area (Å²) in [5.41, 5.74) is 2.93. The molecule has 24 heavy (non-hydrogen) atoms. The van der Waals surface area contributed by atoms with Gasteiger partial charge in [-0.15, -0.1) is 0 Å². The molecule has 1 aromatic carbocycles. The summed E-state index contributed by atoms with van der Waals surface area (Å²) in [6, 6.07) is 11.0. The Kier molecular flexibility index (Phi) is 4.62. The van der Waals surface area contributed by atoms with Crippen LogP contribution >= 0.6 is 11.6 Å². The van der Waals surface area contributed by atoms with Crippen molar-refractivity contribution < 1.29 is 4.79 Å². The number of pyridine rings is 1. The van der Waals surface area contributed by atoms with E-state index in [0.717, 1.165) is 11.4 Å². The normalized spacial score (nSPS) is 10.6. The second kappa shape index (κ2) is 6.84. The van der Waals surface area contributed by atoms with Crippen LogP contribution in [0.1, 0.15) is 23.0 Å². The summed E-state index contributed by atoms with van der Waals surface area (Å²) >= 11 is 5.92. The number of anilines is 1. The summed E-state index contributed by atoms with van der Waals surface area (Å²) in [6.45, 7) is 4.34. The molecule has 3 rings (SSSR count). The third-order valence-corrected chi connectivity index (χ3v) is 4.01. The molecule has 122 valence electrons. The lowest BCUT2D eigenvalue weighted by atomic mass is 10.2. The predicted molar refractivity (Wildman–Crippen MR) is 94.9 cm³/mol. The number of nitrogens with zero attached hydrogens (tertiary/aromatic N) is 4. The molecule has 0 aliphatic carbocycles. The lowest BCUT2D eigenvalue weighted by Crippen LogP contribution is -2.30. The van der Waals surface area contributed by atoms with Crippen molar-refractivity contribution in [2.24, 2.45) is 0 Å². The molecule has 0 saturated heterocycles. The minimum atomic E-state index is -0.0820. The van der Waals surface area contributed by atoms with Crippen LogP contribution in [0.5, 0.6) is 0 Å². The topological polar surface area (TPSA) is 51.0 Å². The Balaban J connectivity index is 1.94. The lowest BCUT2D eigenvalue weighted by molar-refractivity contribution is 0.0987. The highest BCUT2D eigenvalue weighted by molar-refractivity contribution is 6.30. The largest absolute Gasteiger partial charge is 0.308 e. The SMILES string of the molecule is CCN(C(=O)c1cn(-c2ccc(Cl)cc2)nc1C)c1ccncc1. The monoisotopic (exact) mass is 340 g/mol. The Morgan fingerprint density at radius 2 is 1.83 bits per heavy atom. The molecule has 0 fully saturated rings. The number of carbonyl (C=O) groups is 1. The summed E-state index contributed by atoms with van der Waals surface area (Å²) in [4.78, 5) is 18.6. The first-order chi connectivity index (χ1) is 11.6. The summed E-state index contributed by atoms with van der Waals surface area (Å²) in [5, 5.41) is 5.12. The molecule has 0 saturated carbocycles. The highest BCUT2D eigenvalue weighted by Gasteiger charge is 2.21. The van der Waals surface area contributed by atoms with E-state index in [0.29, 0.717) is 22.8 Å². The zero-order valence-corrected chi connectivity index (χ0v) is 14.2. The maximum absolute atomic E-state index is 12.9. The average Bonchev–Trinajstić information content (AvgIpc) is 2.99. The first-order valence-corrected chi connectivity index (χ1v) is 8.02. The van der Waals surface area contributed by atoms with E-state index in [1.54, 1.807) is 40.3 Å². The molecule has 2 heterocycles. The van der Waals surface area contributed by atoms with E-state index >= 15 is 0 Å². The number of hydrogen-bond acceptors (Lipinski definition) is 3. The molecule has 0 radical (unpaired) electrons. The van der Waals surface area contributed by atoms with E-state index in [9.17, 15) is 4.79 Å². The first kappa shape index (κ1) is 16.2. The molecule has 3 aromatic rings. The molecule has 5 nitrogen and oxygen atoms in total. The predicted octanol–water partition coefficient (Wildman–Crippen LogP) is 3.90. The van der Waals surface area contributed by atoms with Crippen molar-refractivity contribution in [2.45, 2.75) is 13.8 Å². The van der Waals surface area contributed by atoms with Crippen LogP contribution in [-0.4, -0.2) is 27.2 Å². The van der Waals surface area contributed by atoms with Crippen molar-refractivity contribution in [1.82, 2.24) is 14.8 Å². The quantitative estimate of drug-likeness (QED) is 0.723. The van der Waals surface area contributed by atoms with Crippen molar-refractivity contribution >= 4 is 23.2 Å². The lowest BCUT2D eigenvalue weighted by Gasteiger charge is -2.20. The van der Waals surface area contributed by atoms with E-state index < -0.39 is 0 Å². The van der Waals surface area contributed by atoms with Crippen LogP contribution in [0, 0.1) is 6.92 Å². The third-order valence-electron chi connectivity index (χ3n) is 3.76. The van der Waals surface area contributed by atoms with Crippen molar-refractivity contribution in [3.8, 4) is 5.69 Å². The molecule has 0 aliphatic heterocycles. The molecular weight excluding hydrogens is 324 g/mol. The molecule has 0 bridgehead atoms. The van der Waals surface area contributed by atoms with Crippen LogP contribution in [0.4, 0.5) is 5.69 Å². The minimum absolute atomic E-state index is 0.0820. The Labute approximate surface area is 145 Å². The van der Waals surface area contributed by atoms with Crippen LogP contribution in [0.15, 0.2) is 55.0 Å². The van der Waals surface area contributed by atoms with E-state index in [4.69, 9.17) is 11.6 Å². The average molecular weight is 341 g/mol. The molecule has 1 amide bonds. The fourth-order valence-electron chi connectivity index (χ4n) is 2.51. The number of aryl methyl sites for hydroxylation is 1. The van der Waals surface area contributed by atoms with Gasteiger partial charge in [-0.25, -0.2) is 4.68 Å². The van der Waals surface area contributed by atoms with E-state index in [2.05, 4.69) is 10.1 Å². The van der Waals surface area contributed by atoms with Crippen molar-refractivity contribution in [2.75, 3.05) is 11.4 Å². The smallest absolute Gasteiger partial charge is 0.261 e. The van der Waals surface area contributed by atoms with Gasteiger partial charge in [0.15, 0.2) is 0 Å². The minimum Gasteiger partial charge on any atom is -0.308 e. The van der Waals surface area contributed by atoms with Gasteiger partial charge < -0.3 is 4.90 Å². The van der Waals surface area contributed by atoms with Crippen molar-refractivity contribution in [3.63, 3.8) is 0 Å². The van der Waals surface area contributed by atoms with E-state index in [1.165, 1.54) is 0 Å². The van der Waals surface area contributed by atoms with Gasteiger partial charge in [-0.1, -0.05) is 11.6 Å². The Morgan fingerprint density at radius 3 is 2.46 bits per heavy atom.